The number of esters is 1. The highest BCUT2D eigenvalue weighted by molar-refractivity contribution is 7.18. The van der Waals surface area contributed by atoms with E-state index >= 15 is 0 Å². The first-order chi connectivity index (χ1) is 15.4. The van der Waals surface area contributed by atoms with Crippen molar-refractivity contribution in [3.63, 3.8) is 0 Å². The molecule has 1 amide bonds. The van der Waals surface area contributed by atoms with Crippen molar-refractivity contribution >= 4 is 39.8 Å². The van der Waals surface area contributed by atoms with Crippen LogP contribution in [0.4, 0.5) is 5.00 Å². The lowest BCUT2D eigenvalue weighted by Gasteiger charge is -2.12. The van der Waals surface area contributed by atoms with Gasteiger partial charge in [-0.2, -0.15) is 5.26 Å². The molecular weight excluding hydrogens is 452 g/mol. The van der Waals surface area contributed by atoms with Crippen LogP contribution in [0.2, 0.25) is 5.02 Å². The predicted molar refractivity (Wildman–Crippen MR) is 122 cm³/mol. The van der Waals surface area contributed by atoms with E-state index in [1.165, 1.54) is 14.2 Å². The third-order valence-electron chi connectivity index (χ3n) is 4.59. The van der Waals surface area contributed by atoms with Crippen LogP contribution >= 0.6 is 22.9 Å². The third kappa shape index (κ3) is 5.02. The second-order valence-electron chi connectivity index (χ2n) is 6.60. The lowest BCUT2D eigenvalue weighted by atomic mass is 10.1. The van der Waals surface area contributed by atoms with Crippen molar-refractivity contribution in [1.29, 1.82) is 5.26 Å². The molecule has 0 fully saturated rings. The molecule has 0 unspecified atom stereocenters. The second-order valence-corrected chi connectivity index (χ2v) is 8.06. The topological polar surface area (TPSA) is 97.7 Å². The lowest BCUT2D eigenvalue weighted by Crippen LogP contribution is -2.12. The van der Waals surface area contributed by atoms with E-state index < -0.39 is 11.9 Å². The SMILES string of the molecule is COC(=O)c1sc(NC(=O)c2ccc(OCc3ccc(Cl)cc3)c(OC)c2)c(C#N)c1C. The Morgan fingerprint density at radius 1 is 1.12 bits per heavy atom. The molecule has 32 heavy (non-hydrogen) atoms. The molecule has 1 heterocycles. The second kappa shape index (κ2) is 10.2. The summed E-state index contributed by atoms with van der Waals surface area (Å²) in [6.07, 6.45) is 0. The number of carbonyl (C=O) groups is 2. The zero-order chi connectivity index (χ0) is 23.3. The number of nitrogens with one attached hydrogen (secondary N) is 1. The van der Waals surface area contributed by atoms with Gasteiger partial charge < -0.3 is 19.5 Å². The molecule has 0 bridgehead atoms. The molecule has 3 aromatic rings. The number of hydrogen-bond donors (Lipinski definition) is 1. The van der Waals surface area contributed by atoms with Gasteiger partial charge in [-0.3, -0.25) is 4.79 Å². The van der Waals surface area contributed by atoms with Crippen molar-refractivity contribution in [2.75, 3.05) is 19.5 Å². The first-order valence-corrected chi connectivity index (χ1v) is 10.6. The van der Waals surface area contributed by atoms with Gasteiger partial charge in [0, 0.05) is 10.6 Å². The Balaban J connectivity index is 1.78. The molecule has 7 nitrogen and oxygen atoms in total. The van der Waals surface area contributed by atoms with Crippen LogP contribution < -0.4 is 14.8 Å². The van der Waals surface area contributed by atoms with Crippen LogP contribution in [0.1, 0.15) is 36.7 Å². The van der Waals surface area contributed by atoms with Gasteiger partial charge in [0.2, 0.25) is 0 Å². The number of amides is 1. The molecule has 2 aromatic carbocycles. The largest absolute Gasteiger partial charge is 0.493 e. The van der Waals surface area contributed by atoms with Gasteiger partial charge in [-0.1, -0.05) is 23.7 Å². The Hall–Kier alpha value is -3.54. The number of ether oxygens (including phenoxy) is 3. The zero-order valence-electron chi connectivity index (χ0n) is 17.5. The summed E-state index contributed by atoms with van der Waals surface area (Å²) in [5, 5.41) is 13.1. The molecule has 0 saturated heterocycles. The van der Waals surface area contributed by atoms with Crippen molar-refractivity contribution in [2.45, 2.75) is 13.5 Å². The van der Waals surface area contributed by atoms with E-state index in [4.69, 9.17) is 25.8 Å². The number of thiophene rings is 1. The van der Waals surface area contributed by atoms with Gasteiger partial charge in [0.15, 0.2) is 11.5 Å². The number of methoxy groups -OCH3 is 2. The van der Waals surface area contributed by atoms with Crippen molar-refractivity contribution in [1.82, 2.24) is 0 Å². The number of rotatable bonds is 7. The fraction of sp³-hybridized carbons (Fsp3) is 0.174. The number of anilines is 1. The maximum absolute atomic E-state index is 12.8. The van der Waals surface area contributed by atoms with Crippen LogP contribution in [0.15, 0.2) is 42.5 Å². The van der Waals surface area contributed by atoms with Crippen molar-refractivity contribution in [3.05, 3.63) is 74.6 Å². The van der Waals surface area contributed by atoms with E-state index in [2.05, 4.69) is 5.32 Å². The molecule has 0 radical (unpaired) electrons. The highest BCUT2D eigenvalue weighted by Crippen LogP contribution is 2.34. The minimum Gasteiger partial charge on any atom is -0.493 e. The third-order valence-corrected chi connectivity index (χ3v) is 6.03. The number of halogens is 1. The number of benzene rings is 2. The Labute approximate surface area is 194 Å². The first kappa shape index (κ1) is 23.1. The van der Waals surface area contributed by atoms with E-state index in [1.807, 2.05) is 18.2 Å². The summed E-state index contributed by atoms with van der Waals surface area (Å²) in [5.41, 5.74) is 1.91. The zero-order valence-corrected chi connectivity index (χ0v) is 19.1. The smallest absolute Gasteiger partial charge is 0.348 e. The summed E-state index contributed by atoms with van der Waals surface area (Å²) in [4.78, 5) is 25.0. The van der Waals surface area contributed by atoms with Crippen LogP contribution in [0.25, 0.3) is 0 Å². The highest BCUT2D eigenvalue weighted by atomic mass is 35.5. The van der Waals surface area contributed by atoms with E-state index in [0.717, 1.165) is 16.9 Å². The molecular formula is C23H19ClN2O5S. The summed E-state index contributed by atoms with van der Waals surface area (Å²) in [7, 11) is 2.74. The van der Waals surface area contributed by atoms with Gasteiger partial charge in [-0.15, -0.1) is 11.3 Å². The van der Waals surface area contributed by atoms with Crippen LogP contribution in [0, 0.1) is 18.3 Å². The Morgan fingerprint density at radius 3 is 2.47 bits per heavy atom. The number of nitriles is 1. The number of nitrogens with zero attached hydrogens (tertiary/aromatic N) is 1. The Bertz CT molecular complexity index is 1200. The average Bonchev–Trinajstić information content (AvgIpc) is 3.12. The van der Waals surface area contributed by atoms with Gasteiger partial charge in [0.25, 0.3) is 5.91 Å². The normalized spacial score (nSPS) is 10.2. The van der Waals surface area contributed by atoms with Crippen LogP contribution in [0.5, 0.6) is 11.5 Å². The quantitative estimate of drug-likeness (QED) is 0.476. The number of hydrogen-bond acceptors (Lipinski definition) is 7. The molecule has 164 valence electrons. The van der Waals surface area contributed by atoms with E-state index in [-0.39, 0.29) is 15.4 Å². The van der Waals surface area contributed by atoms with Crippen molar-refractivity contribution < 1.29 is 23.8 Å². The minimum absolute atomic E-state index is 0.221. The van der Waals surface area contributed by atoms with Crippen LogP contribution in [-0.4, -0.2) is 26.1 Å². The molecule has 9 heteroatoms. The lowest BCUT2D eigenvalue weighted by molar-refractivity contribution is 0.0605. The van der Waals surface area contributed by atoms with Crippen molar-refractivity contribution in [3.8, 4) is 17.6 Å². The molecule has 0 spiro atoms. The van der Waals surface area contributed by atoms with Gasteiger partial charge in [0.1, 0.15) is 22.6 Å². The molecule has 1 aromatic heterocycles. The molecule has 0 aliphatic rings. The Kier molecular flexibility index (Phi) is 7.36. The van der Waals surface area contributed by atoms with Crippen molar-refractivity contribution in [2.24, 2.45) is 0 Å². The van der Waals surface area contributed by atoms with E-state index in [0.29, 0.717) is 34.3 Å². The fourth-order valence-corrected chi connectivity index (χ4v) is 4.07. The molecule has 0 atom stereocenters. The minimum atomic E-state index is -0.562. The predicted octanol–water partition coefficient (Wildman–Crippen LogP) is 5.21. The molecule has 3 rings (SSSR count). The summed E-state index contributed by atoms with van der Waals surface area (Å²) < 4.78 is 15.9. The molecule has 0 aliphatic heterocycles. The van der Waals surface area contributed by atoms with E-state index in [1.54, 1.807) is 37.3 Å². The maximum atomic E-state index is 12.8. The fourth-order valence-electron chi connectivity index (χ4n) is 2.87. The average molecular weight is 471 g/mol. The standard InChI is InChI=1S/C23H19ClN2O5S/c1-13-17(11-25)22(32-20(13)23(28)30-3)26-21(27)15-6-9-18(19(10-15)29-2)31-12-14-4-7-16(24)8-5-14/h4-10H,12H2,1-3H3,(H,26,27). The Morgan fingerprint density at radius 2 is 1.84 bits per heavy atom. The van der Waals surface area contributed by atoms with Gasteiger partial charge in [-0.05, 0) is 48.4 Å². The maximum Gasteiger partial charge on any atom is 0.348 e. The number of carbonyl (C=O) groups excluding carboxylic acids is 2. The molecule has 0 saturated carbocycles. The summed E-state index contributed by atoms with van der Waals surface area (Å²) in [6, 6.07) is 14.0. The monoisotopic (exact) mass is 470 g/mol. The highest BCUT2D eigenvalue weighted by Gasteiger charge is 2.22. The van der Waals surface area contributed by atoms with Crippen LogP contribution in [-0.2, 0) is 11.3 Å². The summed E-state index contributed by atoms with van der Waals surface area (Å²) in [5.74, 6) is -0.170. The van der Waals surface area contributed by atoms with Gasteiger partial charge in [0.05, 0.1) is 19.8 Å². The first-order valence-electron chi connectivity index (χ1n) is 9.36. The summed E-state index contributed by atoms with van der Waals surface area (Å²) in [6.45, 7) is 1.93. The molecule has 0 aliphatic carbocycles. The molecule has 1 N–H and O–H groups in total. The van der Waals surface area contributed by atoms with Gasteiger partial charge >= 0.3 is 5.97 Å². The van der Waals surface area contributed by atoms with E-state index in [9.17, 15) is 14.9 Å². The van der Waals surface area contributed by atoms with Gasteiger partial charge in [-0.25, -0.2) is 4.79 Å². The van der Waals surface area contributed by atoms with Crippen LogP contribution in [0.3, 0.4) is 0 Å². The summed E-state index contributed by atoms with van der Waals surface area (Å²) >= 11 is 6.89.